The van der Waals surface area contributed by atoms with Gasteiger partial charge in [0, 0.05) is 52.9 Å². The van der Waals surface area contributed by atoms with Gasteiger partial charge in [0.1, 0.15) is 0 Å². The highest BCUT2D eigenvalue weighted by Crippen LogP contribution is 2.25. The predicted molar refractivity (Wildman–Crippen MR) is 160 cm³/mol. The average molecular weight is 601 g/mol. The van der Waals surface area contributed by atoms with Crippen LogP contribution in [0.5, 0.6) is 0 Å². The normalized spacial score (nSPS) is 14.8. The third-order valence-corrected chi connectivity index (χ3v) is 7.16. The zero-order valence-electron chi connectivity index (χ0n) is 24.2. The molecule has 1 aliphatic rings. The van der Waals surface area contributed by atoms with Crippen molar-refractivity contribution in [1.82, 2.24) is 15.1 Å². The molecular weight excluding hydrogens is 561 g/mol. The Kier molecular flexibility index (Phi) is 13.1. The van der Waals surface area contributed by atoms with Crippen molar-refractivity contribution in [2.24, 2.45) is 5.73 Å². The van der Waals surface area contributed by atoms with Crippen LogP contribution in [0.3, 0.4) is 0 Å². The minimum absolute atomic E-state index is 0.0886. The first-order chi connectivity index (χ1) is 20.6. The van der Waals surface area contributed by atoms with E-state index in [0.717, 1.165) is 57.0 Å². The van der Waals surface area contributed by atoms with E-state index in [9.17, 15) is 18.0 Å². The maximum Gasteiger partial charge on any atom is 0.490 e. The van der Waals surface area contributed by atoms with E-state index in [1.165, 1.54) is 16.7 Å². The fraction of sp³-hybridized carbons (Fsp3) is 0.375. The van der Waals surface area contributed by atoms with Crippen molar-refractivity contribution < 1.29 is 32.6 Å². The Morgan fingerprint density at radius 1 is 0.837 bits per heavy atom. The Hall–Kier alpha value is -3.77. The maximum atomic E-state index is 12.5. The van der Waals surface area contributed by atoms with Gasteiger partial charge in [-0.05, 0) is 34.2 Å². The maximum absolute atomic E-state index is 12.5. The van der Waals surface area contributed by atoms with Crippen LogP contribution < -0.4 is 11.1 Å². The van der Waals surface area contributed by atoms with Crippen LogP contribution in [0.4, 0.5) is 13.2 Å². The number of hydrogen-bond donors (Lipinski definition) is 3. The lowest BCUT2D eigenvalue weighted by atomic mass is 9.99. The lowest BCUT2D eigenvalue weighted by molar-refractivity contribution is -0.192. The summed E-state index contributed by atoms with van der Waals surface area (Å²) in [5.41, 5.74) is 12.0. The smallest absolute Gasteiger partial charge is 0.475 e. The van der Waals surface area contributed by atoms with Crippen LogP contribution in [0.1, 0.15) is 12.0 Å². The van der Waals surface area contributed by atoms with Crippen LogP contribution in [0.25, 0.3) is 22.3 Å². The van der Waals surface area contributed by atoms with E-state index in [1.807, 2.05) is 6.07 Å². The molecule has 1 saturated heterocycles. The number of carbonyl (C=O) groups excluding carboxylic acids is 1. The Bertz CT molecular complexity index is 1260. The number of methoxy groups -OCH3 is 1. The number of nitrogens with two attached hydrogens (primary N) is 1. The van der Waals surface area contributed by atoms with Crippen LogP contribution in [0, 0.1) is 0 Å². The number of amides is 1. The number of benzene rings is 3. The summed E-state index contributed by atoms with van der Waals surface area (Å²) >= 11 is 0. The molecule has 3 aromatic carbocycles. The fourth-order valence-electron chi connectivity index (χ4n) is 4.53. The molecule has 4 rings (SSSR count). The van der Waals surface area contributed by atoms with Gasteiger partial charge < -0.3 is 25.8 Å². The van der Waals surface area contributed by atoms with Gasteiger partial charge >= 0.3 is 12.1 Å². The third kappa shape index (κ3) is 11.4. The Balaban J connectivity index is 0.000000646. The summed E-state index contributed by atoms with van der Waals surface area (Å²) in [6, 6.07) is 26.8. The number of nitrogens with zero attached hydrogens (tertiary/aromatic N) is 2. The van der Waals surface area contributed by atoms with E-state index in [4.69, 9.17) is 20.4 Å². The largest absolute Gasteiger partial charge is 0.490 e. The molecule has 1 fully saturated rings. The Morgan fingerprint density at radius 3 is 1.74 bits per heavy atom. The minimum atomic E-state index is -5.08. The zero-order chi connectivity index (χ0) is 31.2. The molecule has 0 aliphatic carbocycles. The Morgan fingerprint density at radius 2 is 1.28 bits per heavy atom. The summed E-state index contributed by atoms with van der Waals surface area (Å²) in [6.45, 7) is 7.19. The highest BCUT2D eigenvalue weighted by atomic mass is 19.4. The summed E-state index contributed by atoms with van der Waals surface area (Å²) in [6.07, 6.45) is -4.41. The second kappa shape index (κ2) is 16.8. The van der Waals surface area contributed by atoms with E-state index >= 15 is 0 Å². The summed E-state index contributed by atoms with van der Waals surface area (Å²) in [5, 5.41) is 10.1. The number of rotatable bonds is 11. The van der Waals surface area contributed by atoms with Crippen molar-refractivity contribution in [3.05, 3.63) is 84.4 Å². The number of piperazine rings is 1. The monoisotopic (exact) mass is 600 g/mol. The number of nitrogens with one attached hydrogen (secondary N) is 1. The molecule has 0 radical (unpaired) electrons. The number of carboxylic acids is 1. The summed E-state index contributed by atoms with van der Waals surface area (Å²) < 4.78 is 36.9. The molecule has 11 heteroatoms. The standard InChI is InChI=1S/C30H38N4O2.C2HF3O2/c1-36-22-21-34-19-17-33(18-20-34)16-15-29(31)30(35)32-23-24-7-9-26(10-8-24)28-13-11-27(12-14-28)25-5-3-2-4-6-25;3-2(4,5)1(6)7/h2-14,29H,15-23,31H2,1H3,(H,32,35);(H,6,7). The van der Waals surface area contributed by atoms with Gasteiger partial charge in [-0.2, -0.15) is 13.2 Å². The molecule has 4 N–H and O–H groups in total. The van der Waals surface area contributed by atoms with E-state index < -0.39 is 18.2 Å². The molecule has 43 heavy (non-hydrogen) atoms. The molecule has 0 bridgehead atoms. The summed E-state index contributed by atoms with van der Waals surface area (Å²) in [4.78, 5) is 26.2. The number of alkyl halides is 3. The second-order valence-electron chi connectivity index (χ2n) is 10.2. The molecule has 0 saturated carbocycles. The zero-order valence-corrected chi connectivity index (χ0v) is 24.2. The average Bonchev–Trinajstić information content (AvgIpc) is 3.02. The van der Waals surface area contributed by atoms with Crippen molar-refractivity contribution in [1.29, 1.82) is 0 Å². The van der Waals surface area contributed by atoms with Gasteiger partial charge in [-0.15, -0.1) is 0 Å². The molecule has 232 valence electrons. The topological polar surface area (TPSA) is 108 Å². The number of aliphatic carboxylic acids is 1. The molecule has 3 aromatic rings. The van der Waals surface area contributed by atoms with Crippen LogP contribution in [-0.2, 0) is 20.9 Å². The Labute approximate surface area is 250 Å². The molecule has 0 aromatic heterocycles. The summed E-state index contributed by atoms with van der Waals surface area (Å²) in [7, 11) is 1.74. The molecule has 1 unspecified atom stereocenters. The highest BCUT2D eigenvalue weighted by molar-refractivity contribution is 5.81. The number of hydrogen-bond acceptors (Lipinski definition) is 6. The van der Waals surface area contributed by atoms with Crippen LogP contribution in [-0.4, -0.2) is 92.0 Å². The number of carboxylic acid groups (broad SMARTS) is 1. The van der Waals surface area contributed by atoms with Crippen molar-refractivity contribution in [2.45, 2.75) is 25.2 Å². The lowest BCUT2D eigenvalue weighted by Gasteiger charge is -2.34. The first kappa shape index (κ1) is 33.7. The molecule has 0 spiro atoms. The number of halogens is 3. The SMILES string of the molecule is COCCN1CCN(CCC(N)C(=O)NCc2ccc(-c3ccc(-c4ccccc4)cc3)cc2)CC1.O=C(O)C(F)(F)F. The van der Waals surface area contributed by atoms with Gasteiger partial charge in [0.2, 0.25) is 5.91 Å². The van der Waals surface area contributed by atoms with Crippen LogP contribution >= 0.6 is 0 Å². The van der Waals surface area contributed by atoms with Crippen LogP contribution in [0.15, 0.2) is 78.9 Å². The van der Waals surface area contributed by atoms with Crippen LogP contribution in [0.2, 0.25) is 0 Å². The van der Waals surface area contributed by atoms with E-state index in [2.05, 4.69) is 87.9 Å². The quantitative estimate of drug-likeness (QED) is 0.302. The van der Waals surface area contributed by atoms with Crippen molar-refractivity contribution in [3.63, 3.8) is 0 Å². The van der Waals surface area contributed by atoms with Gasteiger partial charge in [-0.3, -0.25) is 9.69 Å². The molecule has 1 aliphatic heterocycles. The first-order valence-electron chi connectivity index (χ1n) is 14.1. The van der Waals surface area contributed by atoms with Crippen molar-refractivity contribution in [2.75, 3.05) is 53.0 Å². The molecular formula is C32H39F3N4O4. The number of carbonyl (C=O) groups is 2. The molecule has 1 heterocycles. The predicted octanol–water partition coefficient (Wildman–Crippen LogP) is 4.25. The van der Waals surface area contributed by atoms with Gasteiger partial charge in [0.15, 0.2) is 0 Å². The van der Waals surface area contributed by atoms with E-state index in [0.29, 0.717) is 13.0 Å². The first-order valence-corrected chi connectivity index (χ1v) is 14.1. The molecule has 8 nitrogen and oxygen atoms in total. The van der Waals surface area contributed by atoms with E-state index in [1.54, 1.807) is 7.11 Å². The number of ether oxygens (including phenoxy) is 1. The fourth-order valence-corrected chi connectivity index (χ4v) is 4.53. The summed E-state index contributed by atoms with van der Waals surface area (Å²) in [5.74, 6) is -2.85. The lowest BCUT2D eigenvalue weighted by Crippen LogP contribution is -2.49. The van der Waals surface area contributed by atoms with Gasteiger partial charge in [-0.25, -0.2) is 4.79 Å². The third-order valence-electron chi connectivity index (χ3n) is 7.16. The minimum Gasteiger partial charge on any atom is -0.475 e. The van der Waals surface area contributed by atoms with Gasteiger partial charge in [0.05, 0.1) is 12.6 Å². The molecule has 1 atom stereocenters. The van der Waals surface area contributed by atoms with Crippen molar-refractivity contribution >= 4 is 11.9 Å². The van der Waals surface area contributed by atoms with E-state index in [-0.39, 0.29) is 5.91 Å². The van der Waals surface area contributed by atoms with Gasteiger partial charge in [0.25, 0.3) is 0 Å². The van der Waals surface area contributed by atoms with Gasteiger partial charge in [-0.1, -0.05) is 78.9 Å². The van der Waals surface area contributed by atoms with Crippen molar-refractivity contribution in [3.8, 4) is 22.3 Å². The molecule has 1 amide bonds. The second-order valence-corrected chi connectivity index (χ2v) is 10.2. The highest BCUT2D eigenvalue weighted by Gasteiger charge is 2.38.